The molecule has 1 aromatic heterocycles. The molecule has 11 heteroatoms. The van der Waals surface area contributed by atoms with Crippen LogP contribution in [-0.4, -0.2) is 66.4 Å². The van der Waals surface area contributed by atoms with Crippen molar-refractivity contribution >= 4 is 17.9 Å². The zero-order valence-corrected chi connectivity index (χ0v) is 26.5. The molecule has 0 aliphatic carbocycles. The molecule has 0 spiro atoms. The van der Waals surface area contributed by atoms with Crippen LogP contribution in [0.1, 0.15) is 82.7 Å². The number of halogens is 1. The fraction of sp³-hybridized carbons (Fsp3) is 0.594. The Morgan fingerprint density at radius 3 is 2.53 bits per heavy atom. The van der Waals surface area contributed by atoms with Gasteiger partial charge in [-0.25, -0.2) is 14.2 Å². The van der Waals surface area contributed by atoms with Gasteiger partial charge in [-0.1, -0.05) is 18.6 Å². The molecule has 0 unspecified atom stereocenters. The Balaban J connectivity index is 0.00000323. The molecule has 43 heavy (non-hydrogen) atoms. The van der Waals surface area contributed by atoms with Crippen molar-refractivity contribution < 1.29 is 52.5 Å². The normalized spacial score (nSPS) is 15.7. The summed E-state index contributed by atoms with van der Waals surface area (Å²) in [5.74, 6) is 0.749. The van der Waals surface area contributed by atoms with Gasteiger partial charge in [0.25, 0.3) is 0 Å². The molecule has 1 aromatic carbocycles. The van der Waals surface area contributed by atoms with Gasteiger partial charge in [0, 0.05) is 31.4 Å². The van der Waals surface area contributed by atoms with Crippen molar-refractivity contribution in [2.24, 2.45) is 5.92 Å². The van der Waals surface area contributed by atoms with Gasteiger partial charge in [-0.2, -0.15) is 0 Å². The summed E-state index contributed by atoms with van der Waals surface area (Å²) in [7, 11) is 1.44. The number of pyridine rings is 1. The molecule has 1 atom stereocenters. The van der Waals surface area contributed by atoms with Crippen LogP contribution in [0.2, 0.25) is 0 Å². The second kappa shape index (κ2) is 16.4. The van der Waals surface area contributed by atoms with E-state index < -0.39 is 11.4 Å². The maximum Gasteiger partial charge on any atom is 1.00 e. The fourth-order valence-corrected chi connectivity index (χ4v) is 5.62. The van der Waals surface area contributed by atoms with Crippen molar-refractivity contribution in [2.45, 2.75) is 84.3 Å². The van der Waals surface area contributed by atoms with E-state index in [1.165, 1.54) is 13.2 Å². The first-order chi connectivity index (χ1) is 19.6. The molecular formula is C32H45FLiN3O6. The zero-order chi connectivity index (χ0) is 29.6. The van der Waals surface area contributed by atoms with Crippen LogP contribution in [0, 0.1) is 11.7 Å². The first kappa shape index (κ1) is 36.5. The largest absolute Gasteiger partial charge is 1.00 e. The van der Waals surface area contributed by atoms with Gasteiger partial charge in [0.05, 0.1) is 20.1 Å². The number of ether oxygens (including phenoxy) is 3. The smallest absolute Gasteiger partial charge is 0.870 e. The SMILES string of the molecule is CCOC(=O)C[C@@H](c1ccc(OC)c(F)c1)N1CC(CCCCc2ccc3c(n2)N(C(=O)OC(C)(C)C)CCC3)C1.[Li+].[OH-]. The monoisotopic (exact) mass is 593 g/mol. The minimum absolute atomic E-state index is 0. The molecule has 1 amide bonds. The molecule has 0 bridgehead atoms. The standard InChI is InChI=1S/C32H44FN3O5.Li.H2O/c1-6-40-29(37)19-27(24-14-16-28(39-5)26(33)18-24)35-20-22(21-35)10-7-8-12-25-15-13-23-11-9-17-36(30(23)34-25)31(38)41-32(2,3)4;;/h13-16,18,22,27H,6-12,17,19-21H2,1-5H3;;1H2/q;+1;/p-1/t27-;;/m0../s1. The summed E-state index contributed by atoms with van der Waals surface area (Å²) in [5, 5.41) is 0. The Morgan fingerprint density at radius 2 is 1.88 bits per heavy atom. The van der Waals surface area contributed by atoms with Gasteiger partial charge in [0.1, 0.15) is 11.4 Å². The topological polar surface area (TPSA) is 111 Å². The number of methoxy groups -OCH3 is 1. The molecule has 3 heterocycles. The number of amides is 1. The molecule has 2 aliphatic rings. The van der Waals surface area contributed by atoms with Crippen molar-refractivity contribution in [3.8, 4) is 5.75 Å². The molecule has 2 aliphatic heterocycles. The third kappa shape index (κ3) is 9.93. The number of aryl methyl sites for hydroxylation is 2. The number of rotatable bonds is 11. The van der Waals surface area contributed by atoms with Crippen molar-refractivity contribution in [1.82, 2.24) is 9.88 Å². The average Bonchev–Trinajstić information content (AvgIpc) is 2.89. The number of aromatic nitrogens is 1. The Morgan fingerprint density at radius 1 is 1.14 bits per heavy atom. The second-order valence-electron chi connectivity index (χ2n) is 12.0. The summed E-state index contributed by atoms with van der Waals surface area (Å²) >= 11 is 0. The van der Waals surface area contributed by atoms with Crippen LogP contribution >= 0.6 is 0 Å². The molecule has 4 rings (SSSR count). The first-order valence-electron chi connectivity index (χ1n) is 14.8. The summed E-state index contributed by atoms with van der Waals surface area (Å²) < 4.78 is 30.3. The fourth-order valence-electron chi connectivity index (χ4n) is 5.62. The maximum atomic E-state index is 14.4. The number of nitrogens with zero attached hydrogens (tertiary/aromatic N) is 3. The number of benzene rings is 1. The third-order valence-electron chi connectivity index (χ3n) is 7.66. The van der Waals surface area contributed by atoms with E-state index in [0.29, 0.717) is 19.1 Å². The Kier molecular flexibility index (Phi) is 14.0. The van der Waals surface area contributed by atoms with E-state index in [1.807, 2.05) is 26.8 Å². The second-order valence-corrected chi connectivity index (χ2v) is 12.0. The number of carbonyl (C=O) groups is 2. The molecule has 9 nitrogen and oxygen atoms in total. The number of likely N-dealkylation sites (tertiary alicyclic amines) is 1. The summed E-state index contributed by atoms with van der Waals surface area (Å²) in [6.07, 6.45) is 5.67. The molecule has 232 valence electrons. The first-order valence-corrected chi connectivity index (χ1v) is 14.8. The van der Waals surface area contributed by atoms with Gasteiger partial charge in [0.15, 0.2) is 11.6 Å². The van der Waals surface area contributed by atoms with Gasteiger partial charge in [0.2, 0.25) is 0 Å². The van der Waals surface area contributed by atoms with Crippen LogP contribution in [0.15, 0.2) is 30.3 Å². The summed E-state index contributed by atoms with van der Waals surface area (Å²) in [4.78, 5) is 33.9. The van der Waals surface area contributed by atoms with Crippen molar-refractivity contribution in [3.63, 3.8) is 0 Å². The van der Waals surface area contributed by atoms with Crippen molar-refractivity contribution in [2.75, 3.05) is 38.3 Å². The van der Waals surface area contributed by atoms with E-state index in [0.717, 1.165) is 74.3 Å². The zero-order valence-electron chi connectivity index (χ0n) is 26.5. The van der Waals surface area contributed by atoms with Crippen LogP contribution in [0.25, 0.3) is 0 Å². The van der Waals surface area contributed by atoms with E-state index >= 15 is 0 Å². The van der Waals surface area contributed by atoms with Crippen molar-refractivity contribution in [1.29, 1.82) is 0 Å². The van der Waals surface area contributed by atoms with Gasteiger partial charge < -0.3 is 19.7 Å². The number of anilines is 1. The number of carbonyl (C=O) groups excluding carboxylic acids is 2. The number of esters is 1. The number of hydrogen-bond donors (Lipinski definition) is 0. The molecule has 1 N–H and O–H groups in total. The third-order valence-corrected chi connectivity index (χ3v) is 7.66. The Bertz CT molecular complexity index is 1220. The van der Waals surface area contributed by atoms with E-state index in [1.54, 1.807) is 17.9 Å². The quantitative estimate of drug-likeness (QED) is 0.222. The summed E-state index contributed by atoms with van der Waals surface area (Å²) in [6, 6.07) is 8.86. The molecule has 1 fully saturated rings. The van der Waals surface area contributed by atoms with Gasteiger partial charge in [-0.15, -0.1) is 0 Å². The summed E-state index contributed by atoms with van der Waals surface area (Å²) in [6.45, 7) is 10.1. The Labute approximate surface area is 266 Å². The average molecular weight is 594 g/mol. The van der Waals surface area contributed by atoms with E-state index in [9.17, 15) is 14.0 Å². The minimum Gasteiger partial charge on any atom is -0.870 e. The molecule has 0 saturated carbocycles. The molecule has 1 saturated heterocycles. The predicted octanol–water partition coefficient (Wildman–Crippen LogP) is 3.08. The van der Waals surface area contributed by atoms with Crippen LogP contribution < -0.4 is 28.5 Å². The van der Waals surface area contributed by atoms with Crippen LogP contribution in [-0.2, 0) is 27.1 Å². The molecule has 2 aromatic rings. The summed E-state index contributed by atoms with van der Waals surface area (Å²) in [5.41, 5.74) is 2.29. The maximum absolute atomic E-state index is 14.4. The minimum atomic E-state index is -0.549. The van der Waals surface area contributed by atoms with Crippen molar-refractivity contribution in [3.05, 3.63) is 53.0 Å². The Hall–Kier alpha value is -2.64. The van der Waals surface area contributed by atoms with Gasteiger partial charge >= 0.3 is 30.9 Å². The van der Waals surface area contributed by atoms with Crippen LogP contribution in [0.5, 0.6) is 5.75 Å². The molecule has 0 radical (unpaired) electrons. The van der Waals surface area contributed by atoms with E-state index in [2.05, 4.69) is 17.0 Å². The van der Waals surface area contributed by atoms with Gasteiger partial charge in [-0.05, 0) is 95.0 Å². The number of fused-ring (bicyclic) bond motifs is 1. The van der Waals surface area contributed by atoms with E-state index in [-0.39, 0.29) is 54.6 Å². The number of hydrogen-bond acceptors (Lipinski definition) is 8. The molecular weight excluding hydrogens is 548 g/mol. The van der Waals surface area contributed by atoms with Gasteiger partial charge in [-0.3, -0.25) is 14.6 Å². The number of unbranched alkanes of at least 4 members (excludes halogenated alkanes) is 1. The van der Waals surface area contributed by atoms with Crippen LogP contribution in [0.3, 0.4) is 0 Å². The van der Waals surface area contributed by atoms with E-state index in [4.69, 9.17) is 19.2 Å². The predicted molar refractivity (Wildman–Crippen MR) is 158 cm³/mol. The van der Waals surface area contributed by atoms with Crippen LogP contribution in [0.4, 0.5) is 15.0 Å².